The summed E-state index contributed by atoms with van der Waals surface area (Å²) in [7, 11) is 0. The lowest BCUT2D eigenvalue weighted by molar-refractivity contribution is 0.670. The fourth-order valence-corrected chi connectivity index (χ4v) is 9.31. The Hall–Kier alpha value is -6.54. The van der Waals surface area contributed by atoms with E-state index in [4.69, 9.17) is 24.4 Å². The number of benzene rings is 7. The van der Waals surface area contributed by atoms with Gasteiger partial charge in [0, 0.05) is 58.8 Å². The third-order valence-electron chi connectivity index (χ3n) is 9.80. The van der Waals surface area contributed by atoms with Crippen LogP contribution in [0.1, 0.15) is 0 Å². The number of aromatic nitrogens is 4. The van der Waals surface area contributed by atoms with Gasteiger partial charge in [0.2, 0.25) is 0 Å². The molecule has 0 atom stereocenters. The molecule has 0 aliphatic carbocycles. The van der Waals surface area contributed by atoms with Crippen LogP contribution < -0.4 is 0 Å². The zero-order chi connectivity index (χ0) is 34.9. The molecule has 248 valence electrons. The molecule has 0 spiro atoms. The summed E-state index contributed by atoms with van der Waals surface area (Å²) in [5.41, 5.74) is 8.61. The first-order chi connectivity index (χ1) is 26.2. The Kier molecular flexibility index (Phi) is 6.83. The van der Waals surface area contributed by atoms with Crippen LogP contribution in [0.2, 0.25) is 0 Å². The minimum Gasteiger partial charge on any atom is -0.455 e. The largest absolute Gasteiger partial charge is 0.455 e. The maximum Gasteiger partial charge on any atom is 0.164 e. The van der Waals surface area contributed by atoms with E-state index in [0.717, 1.165) is 65.8 Å². The van der Waals surface area contributed by atoms with Gasteiger partial charge in [0.25, 0.3) is 0 Å². The molecule has 11 rings (SSSR count). The van der Waals surface area contributed by atoms with Crippen molar-refractivity contribution in [1.29, 1.82) is 0 Å². The first kappa shape index (κ1) is 30.1. The van der Waals surface area contributed by atoms with E-state index in [1.54, 1.807) is 22.7 Å². The van der Waals surface area contributed by atoms with Crippen LogP contribution in [0.4, 0.5) is 0 Å². The highest BCUT2D eigenvalue weighted by molar-refractivity contribution is 7.25. The third kappa shape index (κ3) is 5.04. The molecule has 0 saturated carbocycles. The van der Waals surface area contributed by atoms with Crippen LogP contribution in [0.15, 0.2) is 162 Å². The number of hydrogen-bond acceptors (Lipinski definition) is 7. The van der Waals surface area contributed by atoms with Crippen LogP contribution in [-0.2, 0) is 0 Å². The Balaban J connectivity index is 1.06. The second-order valence-electron chi connectivity index (χ2n) is 13.0. The van der Waals surface area contributed by atoms with E-state index in [1.165, 1.54) is 24.9 Å². The van der Waals surface area contributed by atoms with Crippen LogP contribution in [-0.4, -0.2) is 19.9 Å². The second-order valence-corrected chi connectivity index (χ2v) is 15.1. The van der Waals surface area contributed by atoms with E-state index in [0.29, 0.717) is 17.5 Å². The van der Waals surface area contributed by atoms with Crippen LogP contribution in [0, 0.1) is 0 Å². The van der Waals surface area contributed by atoms with E-state index in [-0.39, 0.29) is 0 Å². The van der Waals surface area contributed by atoms with Gasteiger partial charge in [-0.2, -0.15) is 0 Å². The van der Waals surface area contributed by atoms with Gasteiger partial charge >= 0.3 is 0 Å². The van der Waals surface area contributed by atoms with Crippen LogP contribution in [0.5, 0.6) is 0 Å². The molecule has 0 bridgehead atoms. The summed E-state index contributed by atoms with van der Waals surface area (Å²) in [5, 5.41) is 5.45. The fraction of sp³-hybridized carbons (Fsp3) is 0. The van der Waals surface area contributed by atoms with E-state index in [1.807, 2.05) is 48.5 Å². The molecule has 0 amide bonds. The number of thiophene rings is 1. The third-order valence-corrected chi connectivity index (χ3v) is 12.0. The molecular formula is C46H26N4OS2. The average molecular weight is 715 g/mol. The van der Waals surface area contributed by atoms with Crippen molar-refractivity contribution in [1.82, 2.24) is 19.9 Å². The minimum absolute atomic E-state index is 0.600. The predicted molar refractivity (Wildman–Crippen MR) is 220 cm³/mol. The Morgan fingerprint density at radius 1 is 0.396 bits per heavy atom. The van der Waals surface area contributed by atoms with Gasteiger partial charge in [0.15, 0.2) is 17.5 Å². The fourth-order valence-electron chi connectivity index (χ4n) is 7.26. The molecule has 0 aliphatic heterocycles. The SMILES string of the molecule is c1ccc(-c2nc(-c3ccc4sc5ccccc5c4c3)nc(-c3cccc4oc5c(-c6ccc(-c7nc8ccccc8s7)cc6)cccc5c34)n2)cc1. The van der Waals surface area contributed by atoms with Gasteiger partial charge in [-0.15, -0.1) is 22.7 Å². The number of rotatable bonds is 5. The zero-order valence-corrected chi connectivity index (χ0v) is 29.7. The normalized spacial score (nSPS) is 11.8. The Labute approximate surface area is 311 Å². The first-order valence-electron chi connectivity index (χ1n) is 17.4. The number of nitrogens with zero attached hydrogens (tertiary/aromatic N) is 4. The quantitative estimate of drug-likeness (QED) is 0.178. The van der Waals surface area contributed by atoms with Gasteiger partial charge in [0.1, 0.15) is 16.2 Å². The summed E-state index contributed by atoms with van der Waals surface area (Å²) in [6, 6.07) is 54.5. The monoisotopic (exact) mass is 714 g/mol. The molecule has 0 unspecified atom stereocenters. The van der Waals surface area contributed by atoms with Crippen molar-refractivity contribution in [3.63, 3.8) is 0 Å². The molecule has 7 aromatic carbocycles. The van der Waals surface area contributed by atoms with Crippen molar-refractivity contribution in [2.45, 2.75) is 0 Å². The summed E-state index contributed by atoms with van der Waals surface area (Å²) in [4.78, 5) is 20.2. The van der Waals surface area contributed by atoms with Gasteiger partial charge in [0.05, 0.1) is 10.2 Å². The molecule has 11 aromatic rings. The Morgan fingerprint density at radius 2 is 1.06 bits per heavy atom. The molecule has 5 nitrogen and oxygen atoms in total. The number of hydrogen-bond donors (Lipinski definition) is 0. The van der Waals surface area contributed by atoms with Gasteiger partial charge in [-0.1, -0.05) is 115 Å². The first-order valence-corrected chi connectivity index (χ1v) is 19.0. The lowest BCUT2D eigenvalue weighted by Crippen LogP contribution is -2.00. The second kappa shape index (κ2) is 12.0. The summed E-state index contributed by atoms with van der Waals surface area (Å²) in [5.74, 6) is 1.85. The van der Waals surface area contributed by atoms with E-state index < -0.39 is 0 Å². The number of furan rings is 1. The minimum atomic E-state index is 0.600. The molecule has 53 heavy (non-hydrogen) atoms. The molecule has 0 saturated heterocycles. The molecular weight excluding hydrogens is 689 g/mol. The summed E-state index contributed by atoms with van der Waals surface area (Å²) in [6.45, 7) is 0. The van der Waals surface area contributed by atoms with Crippen molar-refractivity contribution in [3.8, 4) is 55.9 Å². The standard InChI is InChI=1S/C46H26N4OS2/c1-2-10-28(11-3-1)43-48-44(30-24-25-39-35(26-30)32-12-4-6-18-38(32)52-39)50-45(49-43)34-15-9-17-37-41(34)33-14-8-13-31(42(33)51-37)27-20-22-29(23-21-27)46-47-36-16-5-7-19-40(36)53-46/h1-26H. The summed E-state index contributed by atoms with van der Waals surface area (Å²) < 4.78 is 10.4. The van der Waals surface area contributed by atoms with Crippen molar-refractivity contribution in [3.05, 3.63) is 158 Å². The number of fused-ring (bicyclic) bond motifs is 7. The van der Waals surface area contributed by atoms with Crippen molar-refractivity contribution >= 4 is 75.0 Å². The maximum atomic E-state index is 6.68. The van der Waals surface area contributed by atoms with Crippen molar-refractivity contribution in [2.75, 3.05) is 0 Å². The Bertz CT molecular complexity index is 3150. The predicted octanol–water partition coefficient (Wildman–Crippen LogP) is 13.1. The molecule has 0 radical (unpaired) electrons. The highest BCUT2D eigenvalue weighted by atomic mass is 32.1. The molecule has 0 fully saturated rings. The molecule has 0 aliphatic rings. The summed E-state index contributed by atoms with van der Waals surface area (Å²) >= 11 is 3.51. The smallest absolute Gasteiger partial charge is 0.164 e. The molecule has 7 heteroatoms. The molecule has 4 aromatic heterocycles. The molecule has 0 N–H and O–H groups in total. The van der Waals surface area contributed by atoms with E-state index >= 15 is 0 Å². The van der Waals surface area contributed by atoms with Gasteiger partial charge < -0.3 is 4.42 Å². The highest BCUT2D eigenvalue weighted by Crippen LogP contribution is 2.42. The van der Waals surface area contributed by atoms with E-state index in [2.05, 4.69) is 109 Å². The van der Waals surface area contributed by atoms with Crippen molar-refractivity contribution in [2.24, 2.45) is 0 Å². The van der Waals surface area contributed by atoms with Crippen LogP contribution in [0.3, 0.4) is 0 Å². The van der Waals surface area contributed by atoms with Gasteiger partial charge in [-0.05, 0) is 48.0 Å². The van der Waals surface area contributed by atoms with Gasteiger partial charge in [-0.3, -0.25) is 0 Å². The average Bonchev–Trinajstić information content (AvgIpc) is 3.94. The Morgan fingerprint density at radius 3 is 1.92 bits per heavy atom. The lowest BCUT2D eigenvalue weighted by Gasteiger charge is -2.09. The van der Waals surface area contributed by atoms with Gasteiger partial charge in [-0.25, -0.2) is 19.9 Å². The highest BCUT2D eigenvalue weighted by Gasteiger charge is 2.20. The molecule has 4 heterocycles. The van der Waals surface area contributed by atoms with Crippen LogP contribution in [0.25, 0.3) is 108 Å². The number of para-hydroxylation sites is 2. The maximum absolute atomic E-state index is 6.68. The zero-order valence-electron chi connectivity index (χ0n) is 28.0. The van der Waals surface area contributed by atoms with Crippen LogP contribution >= 0.6 is 22.7 Å². The topological polar surface area (TPSA) is 64.7 Å². The van der Waals surface area contributed by atoms with Crippen molar-refractivity contribution < 1.29 is 4.42 Å². The summed E-state index contributed by atoms with van der Waals surface area (Å²) in [6.07, 6.45) is 0. The van der Waals surface area contributed by atoms with E-state index in [9.17, 15) is 0 Å². The number of thiazole rings is 1. The lowest BCUT2D eigenvalue weighted by atomic mass is 9.99.